The number of benzene rings is 1. The summed E-state index contributed by atoms with van der Waals surface area (Å²) in [5.74, 6) is 1.74. The molecule has 0 saturated heterocycles. The first-order valence-electron chi connectivity index (χ1n) is 7.87. The Hall–Kier alpha value is -1.22. The van der Waals surface area contributed by atoms with Gasteiger partial charge in [0.25, 0.3) is 0 Å². The highest BCUT2D eigenvalue weighted by Crippen LogP contribution is 2.32. The topological polar surface area (TPSA) is 30.5 Å². The van der Waals surface area contributed by atoms with Gasteiger partial charge in [-0.25, -0.2) is 0 Å². The summed E-state index contributed by atoms with van der Waals surface area (Å²) in [4.78, 5) is 0. The van der Waals surface area contributed by atoms with Crippen LogP contribution in [0.25, 0.3) is 0 Å². The van der Waals surface area contributed by atoms with E-state index < -0.39 is 0 Å². The van der Waals surface area contributed by atoms with Crippen LogP contribution >= 0.6 is 0 Å². The Bertz CT molecular complexity index is 400. The molecule has 20 heavy (non-hydrogen) atoms. The molecule has 0 spiro atoms. The van der Waals surface area contributed by atoms with Crippen LogP contribution in [0.2, 0.25) is 0 Å². The number of hydrogen-bond donors (Lipinski definition) is 1. The maximum atomic E-state index is 6.05. The standard InChI is InChI=1S/C17H27NO2/c1-3-4-11-18-13-14-9-10-16(17(12-14)19-2)20-15-7-5-6-8-15/h9-10,12,15,18H,3-8,11,13H2,1-2H3. The Morgan fingerprint density at radius 2 is 2.00 bits per heavy atom. The smallest absolute Gasteiger partial charge is 0.161 e. The van der Waals surface area contributed by atoms with Crippen LogP contribution in [-0.2, 0) is 6.54 Å². The second-order valence-electron chi connectivity index (χ2n) is 5.54. The normalized spacial score (nSPS) is 15.5. The molecule has 0 heterocycles. The molecule has 3 nitrogen and oxygen atoms in total. The highest BCUT2D eigenvalue weighted by atomic mass is 16.5. The minimum Gasteiger partial charge on any atom is -0.493 e. The summed E-state index contributed by atoms with van der Waals surface area (Å²) in [5.41, 5.74) is 1.25. The van der Waals surface area contributed by atoms with Crippen LogP contribution in [0.4, 0.5) is 0 Å². The summed E-state index contributed by atoms with van der Waals surface area (Å²) < 4.78 is 11.5. The number of rotatable bonds is 8. The van der Waals surface area contributed by atoms with E-state index in [0.717, 1.165) is 24.6 Å². The van der Waals surface area contributed by atoms with E-state index in [2.05, 4.69) is 24.4 Å². The molecule has 1 N–H and O–H groups in total. The van der Waals surface area contributed by atoms with Crippen molar-refractivity contribution in [3.8, 4) is 11.5 Å². The zero-order valence-corrected chi connectivity index (χ0v) is 12.8. The highest BCUT2D eigenvalue weighted by Gasteiger charge is 2.18. The monoisotopic (exact) mass is 277 g/mol. The van der Waals surface area contributed by atoms with Crippen molar-refractivity contribution >= 4 is 0 Å². The molecule has 1 fully saturated rings. The Balaban J connectivity index is 1.92. The van der Waals surface area contributed by atoms with E-state index in [1.54, 1.807) is 7.11 Å². The lowest BCUT2D eigenvalue weighted by Crippen LogP contribution is -2.15. The van der Waals surface area contributed by atoms with Gasteiger partial charge in [0.15, 0.2) is 11.5 Å². The molecule has 0 atom stereocenters. The van der Waals surface area contributed by atoms with Gasteiger partial charge >= 0.3 is 0 Å². The summed E-state index contributed by atoms with van der Waals surface area (Å²) in [6.45, 7) is 4.17. The Morgan fingerprint density at radius 1 is 1.20 bits per heavy atom. The van der Waals surface area contributed by atoms with Gasteiger partial charge in [0, 0.05) is 6.54 Å². The Labute approximate surface area is 122 Å². The molecule has 1 aliphatic carbocycles. The molecule has 0 aliphatic heterocycles. The predicted octanol–water partition coefficient (Wildman–Crippen LogP) is 3.91. The van der Waals surface area contributed by atoms with Crippen LogP contribution < -0.4 is 14.8 Å². The van der Waals surface area contributed by atoms with Crippen LogP contribution in [0.5, 0.6) is 11.5 Å². The van der Waals surface area contributed by atoms with Gasteiger partial charge in [-0.3, -0.25) is 0 Å². The average molecular weight is 277 g/mol. The van der Waals surface area contributed by atoms with Crippen molar-refractivity contribution in [2.24, 2.45) is 0 Å². The Morgan fingerprint density at radius 3 is 2.70 bits per heavy atom. The van der Waals surface area contributed by atoms with Gasteiger partial charge in [0.2, 0.25) is 0 Å². The number of nitrogens with one attached hydrogen (secondary N) is 1. The van der Waals surface area contributed by atoms with E-state index >= 15 is 0 Å². The first kappa shape index (κ1) is 15.2. The van der Waals surface area contributed by atoms with E-state index in [-0.39, 0.29) is 0 Å². The summed E-state index contributed by atoms with van der Waals surface area (Å²) in [5, 5.41) is 3.45. The van der Waals surface area contributed by atoms with Crippen LogP contribution in [0.15, 0.2) is 18.2 Å². The highest BCUT2D eigenvalue weighted by molar-refractivity contribution is 5.43. The summed E-state index contributed by atoms with van der Waals surface area (Å²) in [6.07, 6.45) is 7.73. The molecule has 0 unspecified atom stereocenters. The minimum atomic E-state index is 0.373. The van der Waals surface area contributed by atoms with E-state index in [4.69, 9.17) is 9.47 Å². The van der Waals surface area contributed by atoms with Gasteiger partial charge in [-0.2, -0.15) is 0 Å². The molecule has 1 aromatic rings. The van der Waals surface area contributed by atoms with Crippen molar-refractivity contribution in [3.63, 3.8) is 0 Å². The maximum Gasteiger partial charge on any atom is 0.161 e. The molecule has 0 bridgehead atoms. The van der Waals surface area contributed by atoms with Gasteiger partial charge in [0.05, 0.1) is 13.2 Å². The second kappa shape index (κ2) is 8.15. The van der Waals surface area contributed by atoms with Crippen molar-refractivity contribution in [2.45, 2.75) is 58.1 Å². The zero-order valence-electron chi connectivity index (χ0n) is 12.8. The summed E-state index contributed by atoms with van der Waals surface area (Å²) in [7, 11) is 1.71. The fourth-order valence-electron chi connectivity index (χ4n) is 2.64. The average Bonchev–Trinajstić information content (AvgIpc) is 2.98. The van der Waals surface area contributed by atoms with Gasteiger partial charge < -0.3 is 14.8 Å². The lowest BCUT2D eigenvalue weighted by atomic mass is 10.2. The third-order valence-electron chi connectivity index (χ3n) is 3.86. The van der Waals surface area contributed by atoms with Gasteiger partial charge in [-0.15, -0.1) is 0 Å². The van der Waals surface area contributed by atoms with Gasteiger partial charge in [-0.1, -0.05) is 19.4 Å². The lowest BCUT2D eigenvalue weighted by molar-refractivity contribution is 0.200. The SMILES string of the molecule is CCCCNCc1ccc(OC2CCCC2)c(OC)c1. The Kier molecular flexibility index (Phi) is 6.19. The minimum absolute atomic E-state index is 0.373. The fraction of sp³-hybridized carbons (Fsp3) is 0.647. The van der Waals surface area contributed by atoms with Gasteiger partial charge in [-0.05, 0) is 56.3 Å². The van der Waals surface area contributed by atoms with Crippen LogP contribution in [0.3, 0.4) is 0 Å². The largest absolute Gasteiger partial charge is 0.493 e. The molecule has 0 amide bonds. The first-order valence-corrected chi connectivity index (χ1v) is 7.87. The van der Waals surface area contributed by atoms with Crippen LogP contribution in [0.1, 0.15) is 51.0 Å². The summed E-state index contributed by atoms with van der Waals surface area (Å²) >= 11 is 0. The van der Waals surface area contributed by atoms with Crippen molar-refractivity contribution in [1.29, 1.82) is 0 Å². The predicted molar refractivity (Wildman–Crippen MR) is 82.5 cm³/mol. The lowest BCUT2D eigenvalue weighted by Gasteiger charge is -2.16. The van der Waals surface area contributed by atoms with Crippen molar-refractivity contribution in [3.05, 3.63) is 23.8 Å². The molecule has 0 radical (unpaired) electrons. The number of methoxy groups -OCH3 is 1. The number of unbranched alkanes of at least 4 members (excludes halogenated alkanes) is 1. The molecule has 1 saturated carbocycles. The van der Waals surface area contributed by atoms with Crippen LogP contribution in [0, 0.1) is 0 Å². The molecule has 0 aromatic heterocycles. The molecule has 112 valence electrons. The molecular weight excluding hydrogens is 250 g/mol. The zero-order chi connectivity index (χ0) is 14.2. The van der Waals surface area contributed by atoms with Crippen molar-refractivity contribution in [1.82, 2.24) is 5.32 Å². The number of ether oxygens (including phenoxy) is 2. The summed E-state index contributed by atoms with van der Waals surface area (Å²) in [6, 6.07) is 6.27. The third kappa shape index (κ3) is 4.41. The van der Waals surface area contributed by atoms with E-state index in [1.807, 2.05) is 6.07 Å². The molecular formula is C17H27NO2. The second-order valence-corrected chi connectivity index (χ2v) is 5.54. The molecule has 1 aliphatic rings. The molecule has 2 rings (SSSR count). The van der Waals surface area contributed by atoms with Crippen molar-refractivity contribution < 1.29 is 9.47 Å². The number of hydrogen-bond acceptors (Lipinski definition) is 3. The first-order chi connectivity index (χ1) is 9.83. The maximum absolute atomic E-state index is 6.05. The molecule has 3 heteroatoms. The third-order valence-corrected chi connectivity index (χ3v) is 3.86. The van der Waals surface area contributed by atoms with Gasteiger partial charge in [0.1, 0.15) is 0 Å². The van der Waals surface area contributed by atoms with Crippen molar-refractivity contribution in [2.75, 3.05) is 13.7 Å². The van der Waals surface area contributed by atoms with E-state index in [9.17, 15) is 0 Å². The van der Waals surface area contributed by atoms with E-state index in [1.165, 1.54) is 44.1 Å². The quantitative estimate of drug-likeness (QED) is 0.731. The van der Waals surface area contributed by atoms with E-state index in [0.29, 0.717) is 6.10 Å². The molecule has 1 aromatic carbocycles. The van der Waals surface area contributed by atoms with Crippen LogP contribution in [-0.4, -0.2) is 19.8 Å². The fourth-order valence-corrected chi connectivity index (χ4v) is 2.64.